The zero-order valence-electron chi connectivity index (χ0n) is 19.2. The molecule has 1 heterocycles. The molecule has 1 aromatic heterocycles. The molecule has 34 heavy (non-hydrogen) atoms. The maximum atomic E-state index is 13.9. The highest BCUT2D eigenvalue weighted by atomic mass is 32.2. The number of benzene rings is 1. The predicted molar refractivity (Wildman–Crippen MR) is 123 cm³/mol. The van der Waals surface area contributed by atoms with Crippen molar-refractivity contribution in [1.82, 2.24) is 15.2 Å². The lowest BCUT2D eigenvalue weighted by molar-refractivity contribution is -0.132. The molecule has 8 nitrogen and oxygen atoms in total. The summed E-state index contributed by atoms with van der Waals surface area (Å²) >= 11 is 0. The molecule has 2 aliphatic rings. The standard InChI is InChI=1S/C24H28FN3O5S/c1-15(29)28(19-10-11-19)18-8-6-17(7-9-18)27-23(30)22-12-16(25)14-26-24(22)33-20-4-3-5-21(13-20)34(2,31)32/h3-5,12-14,17-19H,6-11H2,1-2H3,(H,27,30). The van der Waals surface area contributed by atoms with Crippen molar-refractivity contribution < 1.29 is 27.1 Å². The number of aromatic nitrogens is 1. The first-order chi connectivity index (χ1) is 16.1. The van der Waals surface area contributed by atoms with Crippen LogP contribution in [0.5, 0.6) is 11.6 Å². The number of nitrogens with zero attached hydrogens (tertiary/aromatic N) is 2. The Bertz CT molecular complexity index is 1190. The van der Waals surface area contributed by atoms with Crippen molar-refractivity contribution in [3.8, 4) is 11.6 Å². The molecule has 2 saturated carbocycles. The van der Waals surface area contributed by atoms with Crippen molar-refractivity contribution in [2.45, 2.75) is 68.5 Å². The molecule has 182 valence electrons. The molecule has 1 N–H and O–H groups in total. The van der Waals surface area contributed by atoms with Gasteiger partial charge in [-0.05, 0) is 62.8 Å². The molecule has 2 aromatic rings. The van der Waals surface area contributed by atoms with E-state index in [1.54, 1.807) is 6.92 Å². The Morgan fingerprint density at radius 2 is 1.74 bits per heavy atom. The van der Waals surface area contributed by atoms with Gasteiger partial charge in [-0.1, -0.05) is 6.07 Å². The molecule has 0 spiro atoms. The van der Waals surface area contributed by atoms with Crippen LogP contribution in [-0.2, 0) is 14.6 Å². The van der Waals surface area contributed by atoms with Crippen molar-refractivity contribution in [2.24, 2.45) is 0 Å². The van der Waals surface area contributed by atoms with Crippen molar-refractivity contribution in [2.75, 3.05) is 6.26 Å². The van der Waals surface area contributed by atoms with Crippen molar-refractivity contribution in [1.29, 1.82) is 0 Å². The number of sulfone groups is 1. The minimum atomic E-state index is -3.45. The number of rotatable bonds is 7. The Morgan fingerprint density at radius 1 is 1.09 bits per heavy atom. The van der Waals surface area contributed by atoms with E-state index in [4.69, 9.17) is 4.74 Å². The van der Waals surface area contributed by atoms with E-state index in [1.165, 1.54) is 24.3 Å². The third-order valence-electron chi connectivity index (χ3n) is 6.24. The average molecular weight is 490 g/mol. The van der Waals surface area contributed by atoms with E-state index < -0.39 is 21.6 Å². The van der Waals surface area contributed by atoms with Gasteiger partial charge >= 0.3 is 0 Å². The average Bonchev–Trinajstić information content (AvgIpc) is 3.61. The Balaban J connectivity index is 1.44. The van der Waals surface area contributed by atoms with Gasteiger partial charge in [-0.15, -0.1) is 0 Å². The third kappa shape index (κ3) is 5.72. The SMILES string of the molecule is CC(=O)N(C1CCC(NC(=O)c2cc(F)cnc2Oc2cccc(S(C)(=O)=O)c2)CC1)C1CC1. The lowest BCUT2D eigenvalue weighted by atomic mass is 9.89. The molecule has 0 atom stereocenters. The Hall–Kier alpha value is -3.01. The molecule has 0 unspecified atom stereocenters. The van der Waals surface area contributed by atoms with Crippen LogP contribution >= 0.6 is 0 Å². The lowest BCUT2D eigenvalue weighted by Crippen LogP contribution is -2.46. The fourth-order valence-corrected chi connectivity index (χ4v) is 5.13. The minimum absolute atomic E-state index is 0.0562. The first-order valence-corrected chi connectivity index (χ1v) is 13.2. The summed E-state index contributed by atoms with van der Waals surface area (Å²) in [5.41, 5.74) is -0.0739. The summed E-state index contributed by atoms with van der Waals surface area (Å²) in [6.45, 7) is 1.61. The van der Waals surface area contributed by atoms with Crippen LogP contribution in [0.4, 0.5) is 4.39 Å². The summed E-state index contributed by atoms with van der Waals surface area (Å²) in [5, 5.41) is 2.93. The summed E-state index contributed by atoms with van der Waals surface area (Å²) in [5.74, 6) is -1.05. The van der Waals surface area contributed by atoms with Crippen LogP contribution in [0.2, 0.25) is 0 Å². The first kappa shape index (κ1) is 24.1. The Labute approximate surface area is 198 Å². The van der Waals surface area contributed by atoms with Crippen LogP contribution < -0.4 is 10.1 Å². The second-order valence-electron chi connectivity index (χ2n) is 8.99. The summed E-state index contributed by atoms with van der Waals surface area (Å²) in [4.78, 5) is 31.0. The van der Waals surface area contributed by atoms with Crippen LogP contribution in [0, 0.1) is 5.82 Å². The van der Waals surface area contributed by atoms with E-state index in [0.717, 1.165) is 44.2 Å². The second kappa shape index (κ2) is 9.69. The van der Waals surface area contributed by atoms with Crippen LogP contribution in [0.25, 0.3) is 0 Å². The highest BCUT2D eigenvalue weighted by Gasteiger charge is 2.37. The number of amides is 2. The Morgan fingerprint density at radius 3 is 2.32 bits per heavy atom. The van der Waals surface area contributed by atoms with Gasteiger partial charge in [-0.3, -0.25) is 9.59 Å². The predicted octanol–water partition coefficient (Wildman–Crippen LogP) is 3.47. The van der Waals surface area contributed by atoms with Crippen molar-refractivity contribution in [3.05, 3.63) is 47.9 Å². The molecule has 0 aliphatic heterocycles. The van der Waals surface area contributed by atoms with Gasteiger partial charge in [0.15, 0.2) is 9.84 Å². The number of carbonyl (C=O) groups excluding carboxylic acids is 2. The fraction of sp³-hybridized carbons (Fsp3) is 0.458. The molecule has 1 aromatic carbocycles. The third-order valence-corrected chi connectivity index (χ3v) is 7.35. The van der Waals surface area contributed by atoms with Gasteiger partial charge in [0.25, 0.3) is 5.91 Å². The molecule has 0 saturated heterocycles. The van der Waals surface area contributed by atoms with Crippen molar-refractivity contribution >= 4 is 21.7 Å². The molecule has 4 rings (SSSR count). The smallest absolute Gasteiger partial charge is 0.257 e. The van der Waals surface area contributed by atoms with E-state index in [9.17, 15) is 22.4 Å². The summed E-state index contributed by atoms with van der Waals surface area (Å²) in [6, 6.07) is 7.28. The highest BCUT2D eigenvalue weighted by Crippen LogP contribution is 2.34. The van der Waals surface area contributed by atoms with Crippen LogP contribution in [0.15, 0.2) is 41.4 Å². The van der Waals surface area contributed by atoms with Gasteiger partial charge in [0.1, 0.15) is 17.1 Å². The van der Waals surface area contributed by atoms with Crippen molar-refractivity contribution in [3.63, 3.8) is 0 Å². The molecule has 10 heteroatoms. The van der Waals surface area contributed by atoms with Crippen LogP contribution in [0.1, 0.15) is 55.8 Å². The van der Waals surface area contributed by atoms with Crippen LogP contribution in [-0.4, -0.2) is 54.5 Å². The molecule has 2 fully saturated rings. The van der Waals surface area contributed by atoms with Gasteiger partial charge in [-0.2, -0.15) is 0 Å². The number of ether oxygens (including phenoxy) is 1. The Kier molecular flexibility index (Phi) is 6.88. The molecule has 2 aliphatic carbocycles. The maximum Gasteiger partial charge on any atom is 0.257 e. The fourth-order valence-electron chi connectivity index (χ4n) is 4.48. The van der Waals surface area contributed by atoms with E-state index in [0.29, 0.717) is 18.9 Å². The van der Waals surface area contributed by atoms with E-state index in [1.807, 2.05) is 4.90 Å². The van der Waals surface area contributed by atoms with Gasteiger partial charge < -0.3 is 15.0 Å². The van der Waals surface area contributed by atoms with E-state index in [-0.39, 0.29) is 40.1 Å². The molecular weight excluding hydrogens is 461 g/mol. The highest BCUT2D eigenvalue weighted by molar-refractivity contribution is 7.90. The molecule has 0 bridgehead atoms. The molecule has 2 amide bonds. The van der Waals surface area contributed by atoms with Crippen LogP contribution in [0.3, 0.4) is 0 Å². The topological polar surface area (TPSA) is 106 Å². The van der Waals surface area contributed by atoms with E-state index in [2.05, 4.69) is 10.3 Å². The van der Waals surface area contributed by atoms with Gasteiger partial charge in [0.2, 0.25) is 11.8 Å². The lowest BCUT2D eigenvalue weighted by Gasteiger charge is -2.37. The normalized spacial score (nSPS) is 20.4. The molecular formula is C24H28FN3O5S. The van der Waals surface area contributed by atoms with Gasteiger partial charge in [-0.25, -0.2) is 17.8 Å². The summed E-state index contributed by atoms with van der Waals surface area (Å²) in [6.07, 6.45) is 7.14. The zero-order valence-corrected chi connectivity index (χ0v) is 20.0. The maximum absolute atomic E-state index is 13.9. The number of hydrogen-bond donors (Lipinski definition) is 1. The quantitative estimate of drug-likeness (QED) is 0.639. The summed E-state index contributed by atoms with van der Waals surface area (Å²) < 4.78 is 43.2. The minimum Gasteiger partial charge on any atom is -0.438 e. The number of halogens is 1. The zero-order chi connectivity index (χ0) is 24.5. The molecule has 0 radical (unpaired) electrons. The van der Waals surface area contributed by atoms with Gasteiger partial charge in [0, 0.05) is 31.3 Å². The number of carbonyl (C=O) groups is 2. The number of pyridine rings is 1. The first-order valence-electron chi connectivity index (χ1n) is 11.3. The van der Waals surface area contributed by atoms with Gasteiger partial charge in [0.05, 0.1) is 11.1 Å². The second-order valence-corrected chi connectivity index (χ2v) is 11.0. The monoisotopic (exact) mass is 489 g/mol. The number of hydrogen-bond acceptors (Lipinski definition) is 6. The van der Waals surface area contributed by atoms with E-state index >= 15 is 0 Å². The summed E-state index contributed by atoms with van der Waals surface area (Å²) in [7, 11) is -3.45. The largest absolute Gasteiger partial charge is 0.438 e. The number of nitrogens with one attached hydrogen (secondary N) is 1.